The zero-order chi connectivity index (χ0) is 15.4. The van der Waals surface area contributed by atoms with E-state index in [-0.39, 0.29) is 11.3 Å². The van der Waals surface area contributed by atoms with Crippen molar-refractivity contribution in [3.05, 3.63) is 17.8 Å². The number of aromatic nitrogens is 2. The lowest BCUT2D eigenvalue weighted by Crippen LogP contribution is -2.43. The standard InChI is InChI=1S/C16H25N5O/c1-16(6-8-17-9-7-16)12-18-15(22)13-4-5-14(20-19-13)21-10-2-3-11-21/h4-5,17H,2-3,6-12H2,1H3,(H,18,22). The molecule has 0 spiro atoms. The van der Waals surface area contributed by atoms with Crippen LogP contribution in [0.25, 0.3) is 0 Å². The monoisotopic (exact) mass is 303 g/mol. The first-order valence-electron chi connectivity index (χ1n) is 8.24. The van der Waals surface area contributed by atoms with E-state index in [0.717, 1.165) is 44.8 Å². The molecule has 1 aromatic rings. The lowest BCUT2D eigenvalue weighted by molar-refractivity contribution is 0.0916. The van der Waals surface area contributed by atoms with Gasteiger partial charge in [0.15, 0.2) is 11.5 Å². The Morgan fingerprint density at radius 3 is 2.64 bits per heavy atom. The summed E-state index contributed by atoms with van der Waals surface area (Å²) in [5, 5.41) is 14.7. The van der Waals surface area contributed by atoms with Gasteiger partial charge in [0.2, 0.25) is 0 Å². The molecule has 2 aliphatic heterocycles. The van der Waals surface area contributed by atoms with Gasteiger partial charge in [-0.1, -0.05) is 6.92 Å². The maximum absolute atomic E-state index is 12.2. The van der Waals surface area contributed by atoms with Crippen LogP contribution < -0.4 is 15.5 Å². The number of hydrogen-bond acceptors (Lipinski definition) is 5. The van der Waals surface area contributed by atoms with Crippen molar-refractivity contribution in [2.45, 2.75) is 32.6 Å². The Morgan fingerprint density at radius 1 is 1.27 bits per heavy atom. The molecule has 0 aromatic carbocycles. The third-order valence-electron chi connectivity index (χ3n) is 4.80. The molecule has 1 aromatic heterocycles. The highest BCUT2D eigenvalue weighted by atomic mass is 16.1. The largest absolute Gasteiger partial charge is 0.355 e. The first-order chi connectivity index (χ1) is 10.7. The van der Waals surface area contributed by atoms with Gasteiger partial charge in [-0.2, -0.15) is 0 Å². The van der Waals surface area contributed by atoms with Crippen molar-refractivity contribution in [3.8, 4) is 0 Å². The molecule has 6 nitrogen and oxygen atoms in total. The van der Waals surface area contributed by atoms with Crippen LogP contribution in [-0.2, 0) is 0 Å². The predicted molar refractivity (Wildman–Crippen MR) is 86.0 cm³/mol. The second-order valence-corrected chi connectivity index (χ2v) is 6.71. The van der Waals surface area contributed by atoms with Gasteiger partial charge in [-0.15, -0.1) is 10.2 Å². The van der Waals surface area contributed by atoms with E-state index >= 15 is 0 Å². The van der Waals surface area contributed by atoms with E-state index in [1.807, 2.05) is 6.07 Å². The molecule has 3 rings (SSSR count). The Morgan fingerprint density at radius 2 is 2.00 bits per heavy atom. The number of piperidine rings is 1. The topological polar surface area (TPSA) is 70.2 Å². The summed E-state index contributed by atoms with van der Waals surface area (Å²) < 4.78 is 0. The fourth-order valence-corrected chi connectivity index (χ4v) is 3.15. The van der Waals surface area contributed by atoms with Crippen molar-refractivity contribution < 1.29 is 4.79 Å². The quantitative estimate of drug-likeness (QED) is 0.874. The summed E-state index contributed by atoms with van der Waals surface area (Å²) in [7, 11) is 0. The SMILES string of the molecule is CC1(CNC(=O)c2ccc(N3CCCC3)nn2)CCNCC1. The Labute approximate surface area is 131 Å². The number of anilines is 1. The summed E-state index contributed by atoms with van der Waals surface area (Å²) in [5.74, 6) is 0.750. The highest BCUT2D eigenvalue weighted by Crippen LogP contribution is 2.26. The highest BCUT2D eigenvalue weighted by molar-refractivity contribution is 5.92. The molecular formula is C16H25N5O. The van der Waals surface area contributed by atoms with Crippen LogP contribution >= 0.6 is 0 Å². The number of amides is 1. The molecule has 2 fully saturated rings. The molecule has 0 radical (unpaired) electrons. The van der Waals surface area contributed by atoms with Gasteiger partial charge in [0, 0.05) is 19.6 Å². The molecular weight excluding hydrogens is 278 g/mol. The van der Waals surface area contributed by atoms with Gasteiger partial charge in [0.25, 0.3) is 5.91 Å². The zero-order valence-corrected chi connectivity index (χ0v) is 13.3. The van der Waals surface area contributed by atoms with Gasteiger partial charge in [0.05, 0.1) is 0 Å². The zero-order valence-electron chi connectivity index (χ0n) is 13.3. The molecule has 3 heterocycles. The molecule has 0 bridgehead atoms. The Balaban J connectivity index is 1.55. The number of rotatable bonds is 4. The lowest BCUT2D eigenvalue weighted by atomic mass is 9.81. The molecule has 1 amide bonds. The number of carbonyl (C=O) groups is 1. The minimum atomic E-state index is -0.125. The van der Waals surface area contributed by atoms with Crippen LogP contribution in [-0.4, -0.2) is 48.8 Å². The molecule has 0 aliphatic carbocycles. The van der Waals surface area contributed by atoms with Crippen molar-refractivity contribution in [2.24, 2.45) is 5.41 Å². The fraction of sp³-hybridized carbons (Fsp3) is 0.688. The molecule has 0 atom stereocenters. The van der Waals surface area contributed by atoms with Crippen molar-refractivity contribution in [1.29, 1.82) is 0 Å². The Bertz CT molecular complexity index is 504. The minimum Gasteiger partial charge on any atom is -0.355 e. The normalized spacial score (nSPS) is 20.9. The molecule has 6 heteroatoms. The van der Waals surface area contributed by atoms with Crippen LogP contribution in [0.2, 0.25) is 0 Å². The first-order valence-corrected chi connectivity index (χ1v) is 8.24. The first kappa shape index (κ1) is 15.2. The number of nitrogens with zero attached hydrogens (tertiary/aromatic N) is 3. The van der Waals surface area contributed by atoms with Gasteiger partial charge < -0.3 is 15.5 Å². The fourth-order valence-electron chi connectivity index (χ4n) is 3.15. The molecule has 0 unspecified atom stereocenters. The lowest BCUT2D eigenvalue weighted by Gasteiger charge is -2.34. The van der Waals surface area contributed by atoms with E-state index in [2.05, 4.69) is 32.7 Å². The van der Waals surface area contributed by atoms with E-state index in [1.165, 1.54) is 12.8 Å². The summed E-state index contributed by atoms with van der Waals surface area (Å²) in [4.78, 5) is 14.4. The summed E-state index contributed by atoms with van der Waals surface area (Å²) >= 11 is 0. The second kappa shape index (κ2) is 6.60. The average Bonchev–Trinajstić information content (AvgIpc) is 3.08. The smallest absolute Gasteiger partial charge is 0.271 e. The maximum Gasteiger partial charge on any atom is 0.271 e. The van der Waals surface area contributed by atoms with E-state index in [0.29, 0.717) is 12.2 Å². The number of hydrogen-bond donors (Lipinski definition) is 2. The minimum absolute atomic E-state index is 0.125. The molecule has 22 heavy (non-hydrogen) atoms. The van der Waals surface area contributed by atoms with Crippen LogP contribution in [0.15, 0.2) is 12.1 Å². The highest BCUT2D eigenvalue weighted by Gasteiger charge is 2.27. The molecule has 0 saturated carbocycles. The van der Waals surface area contributed by atoms with Crippen LogP contribution in [0.1, 0.15) is 43.1 Å². The van der Waals surface area contributed by atoms with Crippen LogP contribution in [0.5, 0.6) is 0 Å². The van der Waals surface area contributed by atoms with Crippen molar-refractivity contribution in [2.75, 3.05) is 37.6 Å². The number of carbonyl (C=O) groups excluding carboxylic acids is 1. The number of nitrogens with one attached hydrogen (secondary N) is 2. The average molecular weight is 303 g/mol. The summed E-state index contributed by atoms with van der Waals surface area (Å²) in [6.45, 7) is 7.05. The predicted octanol–water partition coefficient (Wildman–Crippen LogP) is 1.20. The third kappa shape index (κ3) is 3.55. The van der Waals surface area contributed by atoms with Crippen molar-refractivity contribution in [1.82, 2.24) is 20.8 Å². The van der Waals surface area contributed by atoms with E-state index < -0.39 is 0 Å². The van der Waals surface area contributed by atoms with Crippen LogP contribution in [0.4, 0.5) is 5.82 Å². The maximum atomic E-state index is 12.2. The van der Waals surface area contributed by atoms with Crippen molar-refractivity contribution >= 4 is 11.7 Å². The van der Waals surface area contributed by atoms with Gasteiger partial charge in [0.1, 0.15) is 0 Å². The van der Waals surface area contributed by atoms with Gasteiger partial charge >= 0.3 is 0 Å². The molecule has 2 N–H and O–H groups in total. The van der Waals surface area contributed by atoms with Crippen LogP contribution in [0, 0.1) is 5.41 Å². The molecule has 2 aliphatic rings. The molecule has 120 valence electrons. The van der Waals surface area contributed by atoms with E-state index in [1.54, 1.807) is 6.07 Å². The van der Waals surface area contributed by atoms with Gasteiger partial charge in [-0.3, -0.25) is 4.79 Å². The summed E-state index contributed by atoms with van der Waals surface area (Å²) in [6.07, 6.45) is 4.59. The van der Waals surface area contributed by atoms with E-state index in [4.69, 9.17) is 0 Å². The molecule has 2 saturated heterocycles. The third-order valence-corrected chi connectivity index (χ3v) is 4.80. The Kier molecular flexibility index (Phi) is 4.57. The Hall–Kier alpha value is -1.69. The van der Waals surface area contributed by atoms with Crippen molar-refractivity contribution in [3.63, 3.8) is 0 Å². The van der Waals surface area contributed by atoms with Gasteiger partial charge in [-0.05, 0) is 56.3 Å². The van der Waals surface area contributed by atoms with E-state index in [9.17, 15) is 4.79 Å². The summed E-state index contributed by atoms with van der Waals surface area (Å²) in [6, 6.07) is 3.68. The second-order valence-electron chi connectivity index (χ2n) is 6.71. The van der Waals surface area contributed by atoms with Crippen LogP contribution in [0.3, 0.4) is 0 Å². The summed E-state index contributed by atoms with van der Waals surface area (Å²) in [5.41, 5.74) is 0.588. The van der Waals surface area contributed by atoms with Gasteiger partial charge in [-0.25, -0.2) is 0 Å².